The van der Waals surface area contributed by atoms with Crippen LogP contribution in [0.15, 0.2) is 24.3 Å². The molecule has 0 heterocycles. The zero-order valence-electron chi connectivity index (χ0n) is 9.83. The summed E-state index contributed by atoms with van der Waals surface area (Å²) in [7, 11) is 2.18. The first-order valence-electron chi connectivity index (χ1n) is 5.42. The molecule has 0 N–H and O–H groups in total. The molecule has 2 heteroatoms. The largest absolute Gasteiger partial charge is 0.302 e. The number of halogens is 1. The van der Waals surface area contributed by atoms with Gasteiger partial charge < -0.3 is 4.90 Å². The Balaban J connectivity index is 2.44. The third-order valence-corrected chi connectivity index (χ3v) is 3.57. The molecule has 1 atom stereocenters. The standard InChI is InChI=1S/C13H20BrN/c1-11-4-6-13(7-5-11)10-15(3)9-12(2)8-14/h4-7,12H,8-10H2,1-3H3. The normalized spacial score (nSPS) is 13.1. The van der Waals surface area contributed by atoms with Gasteiger partial charge in [0.1, 0.15) is 0 Å². The molecule has 0 amide bonds. The molecule has 0 fully saturated rings. The van der Waals surface area contributed by atoms with E-state index < -0.39 is 0 Å². The van der Waals surface area contributed by atoms with Gasteiger partial charge in [0.05, 0.1) is 0 Å². The van der Waals surface area contributed by atoms with Gasteiger partial charge in [0.15, 0.2) is 0 Å². The van der Waals surface area contributed by atoms with E-state index in [-0.39, 0.29) is 0 Å². The lowest BCUT2D eigenvalue weighted by Gasteiger charge is -2.20. The zero-order chi connectivity index (χ0) is 11.3. The van der Waals surface area contributed by atoms with Gasteiger partial charge in [-0.25, -0.2) is 0 Å². The first-order valence-corrected chi connectivity index (χ1v) is 6.54. The minimum Gasteiger partial charge on any atom is -0.302 e. The van der Waals surface area contributed by atoms with E-state index in [4.69, 9.17) is 0 Å². The molecular formula is C13H20BrN. The number of rotatable bonds is 5. The summed E-state index contributed by atoms with van der Waals surface area (Å²) in [4.78, 5) is 2.37. The van der Waals surface area contributed by atoms with Crippen LogP contribution in [0.4, 0.5) is 0 Å². The van der Waals surface area contributed by atoms with Crippen molar-refractivity contribution in [2.45, 2.75) is 20.4 Å². The van der Waals surface area contributed by atoms with Crippen molar-refractivity contribution < 1.29 is 0 Å². The number of nitrogens with zero attached hydrogens (tertiary/aromatic N) is 1. The first kappa shape index (κ1) is 12.7. The summed E-state index contributed by atoms with van der Waals surface area (Å²) in [5.41, 5.74) is 2.72. The lowest BCUT2D eigenvalue weighted by atomic mass is 10.1. The summed E-state index contributed by atoms with van der Waals surface area (Å²) in [5, 5.41) is 1.07. The summed E-state index contributed by atoms with van der Waals surface area (Å²) in [6.07, 6.45) is 0. The average Bonchev–Trinajstić information content (AvgIpc) is 2.21. The highest BCUT2D eigenvalue weighted by Gasteiger charge is 2.05. The molecule has 1 rings (SSSR count). The first-order chi connectivity index (χ1) is 7.11. The number of hydrogen-bond donors (Lipinski definition) is 0. The van der Waals surface area contributed by atoms with Crippen LogP contribution in [0.5, 0.6) is 0 Å². The van der Waals surface area contributed by atoms with Crippen molar-refractivity contribution in [3.05, 3.63) is 35.4 Å². The third-order valence-electron chi connectivity index (χ3n) is 2.46. The Labute approximate surface area is 102 Å². The lowest BCUT2D eigenvalue weighted by Crippen LogP contribution is -2.24. The van der Waals surface area contributed by atoms with Crippen molar-refractivity contribution in [2.75, 3.05) is 18.9 Å². The second-order valence-corrected chi connectivity index (χ2v) is 5.09. The van der Waals surface area contributed by atoms with Crippen molar-refractivity contribution in [2.24, 2.45) is 5.92 Å². The topological polar surface area (TPSA) is 3.24 Å². The molecule has 0 aromatic heterocycles. The third kappa shape index (κ3) is 4.80. The molecule has 15 heavy (non-hydrogen) atoms. The molecule has 0 aliphatic carbocycles. The van der Waals surface area contributed by atoms with Gasteiger partial charge in [0, 0.05) is 18.4 Å². The van der Waals surface area contributed by atoms with E-state index in [0.717, 1.165) is 18.4 Å². The fourth-order valence-electron chi connectivity index (χ4n) is 1.65. The Kier molecular flexibility index (Phi) is 5.34. The van der Waals surface area contributed by atoms with Crippen LogP contribution in [0.2, 0.25) is 0 Å². The Bertz CT molecular complexity index is 281. The minimum absolute atomic E-state index is 0.709. The predicted molar refractivity (Wildman–Crippen MR) is 70.5 cm³/mol. The smallest absolute Gasteiger partial charge is 0.0230 e. The SMILES string of the molecule is Cc1ccc(CN(C)CC(C)CBr)cc1. The Morgan fingerprint density at radius 3 is 2.40 bits per heavy atom. The molecule has 0 radical (unpaired) electrons. The molecule has 0 spiro atoms. The average molecular weight is 270 g/mol. The summed E-state index contributed by atoms with van der Waals surface area (Å²) in [5.74, 6) is 0.709. The summed E-state index contributed by atoms with van der Waals surface area (Å²) in [6.45, 7) is 6.57. The number of benzene rings is 1. The van der Waals surface area contributed by atoms with Crippen LogP contribution in [0.3, 0.4) is 0 Å². The highest BCUT2D eigenvalue weighted by molar-refractivity contribution is 9.09. The molecule has 1 aromatic rings. The fourth-order valence-corrected chi connectivity index (χ4v) is 1.86. The molecule has 0 aliphatic heterocycles. The van der Waals surface area contributed by atoms with Crippen molar-refractivity contribution >= 4 is 15.9 Å². The summed E-state index contributed by atoms with van der Waals surface area (Å²) < 4.78 is 0. The second kappa shape index (κ2) is 6.29. The van der Waals surface area contributed by atoms with Crippen LogP contribution < -0.4 is 0 Å². The van der Waals surface area contributed by atoms with E-state index >= 15 is 0 Å². The molecule has 0 saturated heterocycles. The van der Waals surface area contributed by atoms with Crippen LogP contribution in [-0.2, 0) is 6.54 Å². The maximum atomic E-state index is 3.51. The van der Waals surface area contributed by atoms with Gasteiger partial charge in [-0.1, -0.05) is 52.7 Å². The monoisotopic (exact) mass is 269 g/mol. The molecule has 0 aliphatic rings. The van der Waals surface area contributed by atoms with Gasteiger partial charge in [-0.15, -0.1) is 0 Å². The second-order valence-electron chi connectivity index (χ2n) is 4.44. The van der Waals surface area contributed by atoms with Crippen molar-refractivity contribution in [3.63, 3.8) is 0 Å². The van der Waals surface area contributed by atoms with E-state index in [1.165, 1.54) is 11.1 Å². The van der Waals surface area contributed by atoms with Crippen LogP contribution in [0, 0.1) is 12.8 Å². The quantitative estimate of drug-likeness (QED) is 0.741. The zero-order valence-corrected chi connectivity index (χ0v) is 11.4. The van der Waals surface area contributed by atoms with Gasteiger partial charge in [0.25, 0.3) is 0 Å². The van der Waals surface area contributed by atoms with E-state index in [9.17, 15) is 0 Å². The van der Waals surface area contributed by atoms with Crippen LogP contribution >= 0.6 is 15.9 Å². The van der Waals surface area contributed by atoms with Crippen LogP contribution in [0.25, 0.3) is 0 Å². The highest BCUT2D eigenvalue weighted by Crippen LogP contribution is 2.08. The van der Waals surface area contributed by atoms with E-state index in [0.29, 0.717) is 5.92 Å². The lowest BCUT2D eigenvalue weighted by molar-refractivity contribution is 0.291. The van der Waals surface area contributed by atoms with Gasteiger partial charge in [0.2, 0.25) is 0 Å². The van der Waals surface area contributed by atoms with Crippen molar-refractivity contribution in [1.82, 2.24) is 4.90 Å². The van der Waals surface area contributed by atoms with Crippen LogP contribution in [-0.4, -0.2) is 23.8 Å². The molecule has 0 bridgehead atoms. The van der Waals surface area contributed by atoms with Gasteiger partial charge in [-0.05, 0) is 25.5 Å². The number of alkyl halides is 1. The van der Waals surface area contributed by atoms with Crippen LogP contribution in [0.1, 0.15) is 18.1 Å². The van der Waals surface area contributed by atoms with E-state index in [1.807, 2.05) is 0 Å². The molecule has 1 aromatic carbocycles. The highest BCUT2D eigenvalue weighted by atomic mass is 79.9. The van der Waals surface area contributed by atoms with Gasteiger partial charge in [-0.2, -0.15) is 0 Å². The summed E-state index contributed by atoms with van der Waals surface area (Å²) >= 11 is 3.51. The molecule has 84 valence electrons. The summed E-state index contributed by atoms with van der Waals surface area (Å²) in [6, 6.07) is 8.78. The molecular weight excluding hydrogens is 250 g/mol. The van der Waals surface area contributed by atoms with E-state index in [2.05, 4.69) is 66.0 Å². The Morgan fingerprint density at radius 2 is 1.87 bits per heavy atom. The molecule has 0 saturated carbocycles. The fraction of sp³-hybridized carbons (Fsp3) is 0.538. The minimum atomic E-state index is 0.709. The predicted octanol–water partition coefficient (Wildman–Crippen LogP) is 3.46. The number of hydrogen-bond acceptors (Lipinski definition) is 1. The van der Waals surface area contributed by atoms with Crippen molar-refractivity contribution in [1.29, 1.82) is 0 Å². The maximum Gasteiger partial charge on any atom is 0.0230 e. The maximum absolute atomic E-state index is 3.51. The Morgan fingerprint density at radius 1 is 1.27 bits per heavy atom. The molecule has 1 nitrogen and oxygen atoms in total. The van der Waals surface area contributed by atoms with Gasteiger partial charge in [-0.3, -0.25) is 0 Å². The van der Waals surface area contributed by atoms with Gasteiger partial charge >= 0.3 is 0 Å². The van der Waals surface area contributed by atoms with E-state index in [1.54, 1.807) is 0 Å². The molecule has 1 unspecified atom stereocenters. The Hall–Kier alpha value is -0.340. The number of aryl methyl sites for hydroxylation is 1. The van der Waals surface area contributed by atoms with Crippen molar-refractivity contribution in [3.8, 4) is 0 Å².